The summed E-state index contributed by atoms with van der Waals surface area (Å²) in [5, 5.41) is 9.65. The molecule has 9 nitrogen and oxygen atoms in total. The van der Waals surface area contributed by atoms with Gasteiger partial charge in [0.05, 0.1) is 38.5 Å². The van der Waals surface area contributed by atoms with Crippen LogP contribution in [0.2, 0.25) is 0 Å². The Morgan fingerprint density at radius 1 is 1.12 bits per heavy atom. The zero-order valence-corrected chi connectivity index (χ0v) is 23.0. The summed E-state index contributed by atoms with van der Waals surface area (Å²) in [5.74, 6) is -2.22. The van der Waals surface area contributed by atoms with Crippen LogP contribution >= 0.6 is 11.8 Å². The lowest BCUT2D eigenvalue weighted by atomic mass is 10.0. The van der Waals surface area contributed by atoms with Crippen LogP contribution in [-0.2, 0) is 36.4 Å². The highest BCUT2D eigenvalue weighted by atomic mass is 32.2. The molecule has 3 unspecified atom stereocenters. The van der Waals surface area contributed by atoms with E-state index in [9.17, 15) is 32.7 Å². The highest BCUT2D eigenvalue weighted by molar-refractivity contribution is 7.99. The first-order valence-corrected chi connectivity index (χ1v) is 13.6. The van der Waals surface area contributed by atoms with Crippen molar-refractivity contribution in [1.29, 1.82) is 0 Å². The van der Waals surface area contributed by atoms with Crippen LogP contribution in [0.3, 0.4) is 0 Å². The summed E-state index contributed by atoms with van der Waals surface area (Å²) in [7, 11) is 1.15. The molecular weight excluding hydrogens is 565 g/mol. The number of rotatable bonds is 7. The van der Waals surface area contributed by atoms with E-state index < -0.39 is 41.2 Å². The molecule has 0 aliphatic carbocycles. The van der Waals surface area contributed by atoms with Gasteiger partial charge in [-0.2, -0.15) is 13.2 Å². The van der Waals surface area contributed by atoms with Crippen LogP contribution in [0.4, 0.5) is 18.0 Å². The fourth-order valence-corrected chi connectivity index (χ4v) is 5.76. The van der Waals surface area contributed by atoms with Gasteiger partial charge < -0.3 is 29.1 Å². The van der Waals surface area contributed by atoms with Gasteiger partial charge in [-0.3, -0.25) is 4.79 Å². The summed E-state index contributed by atoms with van der Waals surface area (Å²) in [6, 6.07) is 11.5. The second kappa shape index (κ2) is 13.0. The number of benzene rings is 2. The Morgan fingerprint density at radius 3 is 2.51 bits per heavy atom. The van der Waals surface area contributed by atoms with Gasteiger partial charge in [0.25, 0.3) is 5.91 Å². The summed E-state index contributed by atoms with van der Waals surface area (Å²) >= 11 is 0.879. The minimum Gasteiger partial charge on any atom is -0.480 e. The van der Waals surface area contributed by atoms with Crippen molar-refractivity contribution in [3.63, 3.8) is 0 Å². The molecule has 0 bridgehead atoms. The zero-order chi connectivity index (χ0) is 29.7. The summed E-state index contributed by atoms with van der Waals surface area (Å²) in [4.78, 5) is 38.9. The minimum absolute atomic E-state index is 0.00637. The number of ether oxygens (including phenoxy) is 3. The van der Waals surface area contributed by atoms with E-state index >= 15 is 0 Å². The number of methoxy groups -OCH3 is 1. The molecule has 4 rings (SSSR count). The monoisotopic (exact) mass is 594 g/mol. The first kappa shape index (κ1) is 30.4. The molecule has 0 aromatic heterocycles. The van der Waals surface area contributed by atoms with Gasteiger partial charge in [-0.1, -0.05) is 54.7 Å². The number of carbonyl (C=O) groups excluding carboxylic acids is 2. The highest BCUT2D eigenvalue weighted by Crippen LogP contribution is 2.41. The molecule has 41 heavy (non-hydrogen) atoms. The molecule has 2 fully saturated rings. The van der Waals surface area contributed by atoms with Crippen molar-refractivity contribution >= 4 is 35.3 Å². The first-order chi connectivity index (χ1) is 19.5. The number of carboxylic acid groups (broad SMARTS) is 1. The minimum atomic E-state index is -4.75. The van der Waals surface area contributed by atoms with Gasteiger partial charge in [-0.25, -0.2) is 9.59 Å². The van der Waals surface area contributed by atoms with Crippen LogP contribution in [0.5, 0.6) is 0 Å². The maximum absolute atomic E-state index is 14.1. The molecule has 0 saturated carbocycles. The van der Waals surface area contributed by atoms with Crippen LogP contribution in [0, 0.1) is 0 Å². The lowest BCUT2D eigenvalue weighted by Gasteiger charge is -2.38. The molecule has 2 amide bonds. The Balaban J connectivity index is 1.50. The summed E-state index contributed by atoms with van der Waals surface area (Å²) < 4.78 is 58.7. The maximum Gasteiger partial charge on any atom is 0.417 e. The van der Waals surface area contributed by atoms with Gasteiger partial charge in [-0.15, -0.1) is 0 Å². The molecular formula is C28H29F3N2O7S. The Hall–Kier alpha value is -3.55. The number of nitrogens with zero attached hydrogens (tertiary/aromatic N) is 2. The lowest BCUT2D eigenvalue weighted by Crippen LogP contribution is -2.59. The molecule has 2 saturated heterocycles. The number of amides is 2. The lowest BCUT2D eigenvalue weighted by molar-refractivity contribution is -0.150. The number of thioether (sulfide) groups is 1. The third-order valence-corrected chi connectivity index (χ3v) is 7.84. The van der Waals surface area contributed by atoms with Crippen molar-refractivity contribution < 1.29 is 46.9 Å². The molecule has 2 aliphatic heterocycles. The molecule has 0 spiro atoms. The van der Waals surface area contributed by atoms with Crippen molar-refractivity contribution in [1.82, 2.24) is 9.80 Å². The van der Waals surface area contributed by atoms with Crippen LogP contribution in [0.25, 0.3) is 5.57 Å². The van der Waals surface area contributed by atoms with Crippen LogP contribution < -0.4 is 0 Å². The van der Waals surface area contributed by atoms with E-state index in [1.54, 1.807) is 0 Å². The molecule has 2 aromatic carbocycles. The Labute approximate surface area is 238 Å². The molecule has 2 heterocycles. The third-order valence-electron chi connectivity index (χ3n) is 6.72. The van der Waals surface area contributed by atoms with Crippen molar-refractivity contribution in [3.8, 4) is 0 Å². The van der Waals surface area contributed by atoms with E-state index in [1.165, 1.54) is 12.1 Å². The fraction of sp³-hybridized carbons (Fsp3) is 0.393. The molecule has 2 aliphatic rings. The van der Waals surface area contributed by atoms with E-state index in [-0.39, 0.29) is 48.4 Å². The van der Waals surface area contributed by atoms with E-state index in [2.05, 4.69) is 11.3 Å². The zero-order valence-electron chi connectivity index (χ0n) is 22.1. The highest BCUT2D eigenvalue weighted by Gasteiger charge is 2.39. The standard InChI is InChI=1S/C28H29F3N2O7S/c1-17(25(34)33-11-10-32(27(37)38-2)14-22(33)26(35)36)19-8-9-23(21(13-19)28(29,30)31)41-24-16-39-15-20(40-24)12-18-6-4-3-5-7-18/h3-9,13,20,22,24H,1,10-12,14-16H2,2H3,(H,35,36). The van der Waals surface area contributed by atoms with Crippen molar-refractivity contribution in [2.75, 3.05) is 40.0 Å². The van der Waals surface area contributed by atoms with Gasteiger partial charge in [0.2, 0.25) is 0 Å². The average molecular weight is 595 g/mol. The molecule has 0 radical (unpaired) electrons. The van der Waals surface area contributed by atoms with Gasteiger partial charge >= 0.3 is 18.2 Å². The fourth-order valence-electron chi connectivity index (χ4n) is 4.65. The van der Waals surface area contributed by atoms with Crippen LogP contribution in [-0.4, -0.2) is 90.4 Å². The number of carboxylic acids is 1. The Kier molecular flexibility index (Phi) is 9.61. The molecule has 220 valence electrons. The summed E-state index contributed by atoms with van der Waals surface area (Å²) in [5.41, 5.74) is -1.05. The molecule has 3 atom stereocenters. The summed E-state index contributed by atoms with van der Waals surface area (Å²) in [6.07, 6.45) is -5.27. The predicted molar refractivity (Wildman–Crippen MR) is 143 cm³/mol. The number of aliphatic carboxylic acids is 1. The largest absolute Gasteiger partial charge is 0.480 e. The second-order valence-electron chi connectivity index (χ2n) is 9.49. The topological polar surface area (TPSA) is 106 Å². The van der Waals surface area contributed by atoms with Crippen LogP contribution in [0.15, 0.2) is 60.0 Å². The van der Waals surface area contributed by atoms with Gasteiger partial charge in [-0.05, 0) is 23.3 Å². The van der Waals surface area contributed by atoms with E-state index in [0.29, 0.717) is 13.0 Å². The van der Waals surface area contributed by atoms with Crippen molar-refractivity contribution in [3.05, 3.63) is 71.8 Å². The van der Waals surface area contributed by atoms with Gasteiger partial charge in [0.15, 0.2) is 0 Å². The number of hydrogen-bond acceptors (Lipinski definition) is 7. The third kappa shape index (κ3) is 7.40. The molecule has 2 aromatic rings. The summed E-state index contributed by atoms with van der Waals surface area (Å²) in [6.45, 7) is 3.60. The number of carbonyl (C=O) groups is 3. The van der Waals surface area contributed by atoms with E-state index in [4.69, 9.17) is 9.47 Å². The SMILES string of the molecule is C=C(C(=O)N1CCN(C(=O)OC)CC1C(=O)O)c1ccc(SC2COCC(Cc3ccccc3)O2)c(C(F)(F)F)c1. The Bertz CT molecular complexity index is 1290. The van der Waals surface area contributed by atoms with Gasteiger partial charge in [0.1, 0.15) is 11.5 Å². The van der Waals surface area contributed by atoms with E-state index in [0.717, 1.165) is 40.3 Å². The number of alkyl halides is 3. The average Bonchev–Trinajstić information content (AvgIpc) is 2.96. The van der Waals surface area contributed by atoms with E-state index in [1.807, 2.05) is 30.3 Å². The normalized spacial score (nSPS) is 21.3. The first-order valence-electron chi connectivity index (χ1n) is 12.7. The van der Waals surface area contributed by atoms with Crippen LogP contribution in [0.1, 0.15) is 16.7 Å². The second-order valence-corrected chi connectivity index (χ2v) is 10.7. The molecule has 1 N–H and O–H groups in total. The number of hydrogen-bond donors (Lipinski definition) is 1. The molecule has 13 heteroatoms. The maximum atomic E-state index is 14.1. The van der Waals surface area contributed by atoms with Crippen molar-refractivity contribution in [2.24, 2.45) is 0 Å². The number of piperazine rings is 1. The smallest absolute Gasteiger partial charge is 0.417 e. The van der Waals surface area contributed by atoms with Crippen molar-refractivity contribution in [2.45, 2.75) is 35.1 Å². The van der Waals surface area contributed by atoms with Gasteiger partial charge in [0, 0.05) is 30.0 Å². The number of halogens is 3. The Morgan fingerprint density at radius 2 is 1.85 bits per heavy atom. The predicted octanol–water partition coefficient (Wildman–Crippen LogP) is 4.16. The quantitative estimate of drug-likeness (QED) is 0.477.